The van der Waals surface area contributed by atoms with Crippen LogP contribution in [0.2, 0.25) is 0 Å². The Bertz CT molecular complexity index is 2920. The lowest BCUT2D eigenvalue weighted by Gasteiger charge is -2.34. The van der Waals surface area contributed by atoms with Crippen LogP contribution in [0.3, 0.4) is 0 Å². The Morgan fingerprint density at radius 3 is 2.04 bits per heavy atom. The lowest BCUT2D eigenvalue weighted by atomic mass is 10.1. The van der Waals surface area contributed by atoms with Gasteiger partial charge < -0.3 is 55.1 Å². The first-order chi connectivity index (χ1) is 44.4. The molecule has 2 aromatic carbocycles. The normalized spacial score (nSPS) is 17.5. The highest BCUT2D eigenvalue weighted by Crippen LogP contribution is 2.32. The van der Waals surface area contributed by atoms with Crippen LogP contribution in [0.25, 0.3) is 10.9 Å². The fourth-order valence-corrected chi connectivity index (χ4v) is 11.0. The first-order valence-electron chi connectivity index (χ1n) is 31.5. The van der Waals surface area contributed by atoms with Crippen molar-refractivity contribution in [2.45, 2.75) is 89.1 Å². The molecule has 2 atom stereocenters. The van der Waals surface area contributed by atoms with Gasteiger partial charge in [0, 0.05) is 136 Å². The van der Waals surface area contributed by atoms with Crippen molar-refractivity contribution < 1.29 is 76.0 Å². The van der Waals surface area contributed by atoms with Crippen LogP contribution in [-0.4, -0.2) is 274 Å². The molecule has 3 aliphatic rings. The monoisotopic (exact) mass is 1290 g/mol. The fourth-order valence-electron chi connectivity index (χ4n) is 11.0. The van der Waals surface area contributed by atoms with Crippen LogP contribution in [0.4, 0.5) is 8.78 Å². The molecule has 504 valence electrons. The van der Waals surface area contributed by atoms with E-state index in [0.29, 0.717) is 153 Å². The number of hydrogen-bond acceptors (Lipinski definition) is 19. The van der Waals surface area contributed by atoms with Gasteiger partial charge in [0.05, 0.1) is 56.5 Å². The third-order valence-corrected chi connectivity index (χ3v) is 16.2. The zero-order valence-electron chi connectivity index (χ0n) is 52.7. The van der Waals surface area contributed by atoms with Crippen LogP contribution in [0, 0.1) is 19.3 Å². The highest BCUT2D eigenvalue weighted by Gasteiger charge is 2.46. The molecule has 6 rings (SSSR count). The van der Waals surface area contributed by atoms with Gasteiger partial charge in [-0.3, -0.25) is 72.6 Å². The van der Waals surface area contributed by atoms with Crippen LogP contribution < -0.4 is 26.0 Å². The number of unbranched alkanes of at least 4 members (excludes halogenated alkanes) is 2. The minimum absolute atomic E-state index is 0.00984. The van der Waals surface area contributed by atoms with E-state index in [1.807, 2.05) is 38.7 Å². The highest BCUT2D eigenvalue weighted by atomic mass is 19.3. The molecule has 0 aliphatic carbocycles. The van der Waals surface area contributed by atoms with Crippen molar-refractivity contribution in [1.82, 2.24) is 60.6 Å². The van der Waals surface area contributed by atoms with E-state index in [0.717, 1.165) is 23.4 Å². The molecule has 5 N–H and O–H groups in total. The number of terminal acetylenes is 1. The van der Waals surface area contributed by atoms with E-state index in [9.17, 15) is 57.0 Å². The number of carbonyl (C=O) groups is 9. The van der Waals surface area contributed by atoms with Gasteiger partial charge in [0.25, 0.3) is 24.8 Å². The number of aryl methyl sites for hydroxylation is 2. The number of carboxylic acids is 1. The second-order valence-electron chi connectivity index (χ2n) is 23.2. The quantitative estimate of drug-likeness (QED) is 0.0312. The number of benzene rings is 2. The number of pyridine rings is 1. The number of hydrogen-bond donors (Lipinski definition) is 5. The molecule has 26 nitrogen and oxygen atoms in total. The summed E-state index contributed by atoms with van der Waals surface area (Å²) in [7, 11) is 0. The summed E-state index contributed by atoms with van der Waals surface area (Å²) in [4.78, 5) is 130. The number of fused-ring (bicyclic) bond motifs is 1. The molecule has 0 bridgehead atoms. The van der Waals surface area contributed by atoms with E-state index in [4.69, 9.17) is 25.4 Å². The lowest BCUT2D eigenvalue weighted by molar-refractivity contribution is -0.139. The second-order valence-corrected chi connectivity index (χ2v) is 23.2. The SMILES string of the molecule is C#C[C@H]1CC(F)(F)CN1C(=O)CNC(=O)c1ccnc2ccc(OCCCN3CCN(C(=O)CCCCCNC(=O)C(CCOCCNC(=O)CCCc4ccc(C)cc4)NC(=O)CN4CCN(COC=O)CCN(COC=O)CCN(CC(=O)O)CC4)CC3)cc12. The maximum absolute atomic E-state index is 14.0. The number of aromatic nitrogens is 1. The van der Waals surface area contributed by atoms with Gasteiger partial charge in [-0.05, 0) is 75.3 Å². The van der Waals surface area contributed by atoms with E-state index in [1.165, 1.54) is 17.8 Å². The van der Waals surface area contributed by atoms with E-state index in [1.54, 1.807) is 23.1 Å². The largest absolute Gasteiger partial charge is 0.494 e. The molecular formula is C64H90F2N12O14. The molecule has 4 heterocycles. The Hall–Kier alpha value is -7.94. The first-order valence-corrected chi connectivity index (χ1v) is 31.5. The van der Waals surface area contributed by atoms with Crippen molar-refractivity contribution in [2.24, 2.45) is 0 Å². The highest BCUT2D eigenvalue weighted by molar-refractivity contribution is 6.07. The molecule has 92 heavy (non-hydrogen) atoms. The molecular weight excluding hydrogens is 1200 g/mol. The molecule has 3 saturated heterocycles. The standard InChI is InChI=1S/C64H90F2N12O14/c1-3-51-40-64(65,66)44-78(51)60(84)41-70-62(87)53-18-21-67-55-17-16-52(39-54(53)55)92-36-8-23-72-32-34-77(35-33-72)59(83)11-5-4-6-20-69-63(88)56(19-37-89-38-22-68-57(81)10-7-9-50-14-12-49(2)13-15-50)71-58(82)42-73-24-25-74(43-61(85)86)27-29-76(46-91-48-80)31-30-75(28-26-73)45-90-47-79/h1,12-18,21,39,47-48,51,56H,4-11,19-20,22-38,40-46H2,2H3,(H,68,81)(H,69,88)(H,70,87)(H,71,82)(H,85,86)/t51-,56?/m0/s1. The van der Waals surface area contributed by atoms with E-state index in [2.05, 4.69) is 49.2 Å². The van der Waals surface area contributed by atoms with Gasteiger partial charge in [0.2, 0.25) is 29.5 Å². The molecule has 1 aromatic heterocycles. The predicted molar refractivity (Wildman–Crippen MR) is 335 cm³/mol. The van der Waals surface area contributed by atoms with E-state index >= 15 is 0 Å². The van der Waals surface area contributed by atoms with Gasteiger partial charge in [0.1, 0.15) is 25.3 Å². The molecule has 3 aliphatic heterocycles. The second kappa shape index (κ2) is 39.5. The minimum atomic E-state index is -3.10. The van der Waals surface area contributed by atoms with Crippen LogP contribution in [0.5, 0.6) is 5.75 Å². The average molecular weight is 1290 g/mol. The maximum Gasteiger partial charge on any atom is 0.317 e. The summed E-state index contributed by atoms with van der Waals surface area (Å²) in [6.45, 7) is 8.19. The van der Waals surface area contributed by atoms with Gasteiger partial charge >= 0.3 is 5.97 Å². The number of ether oxygens (including phenoxy) is 4. The lowest BCUT2D eigenvalue weighted by Crippen LogP contribution is -2.52. The number of rotatable bonds is 36. The van der Waals surface area contributed by atoms with Crippen LogP contribution >= 0.6 is 0 Å². The van der Waals surface area contributed by atoms with Crippen LogP contribution in [-0.2, 0) is 59.0 Å². The number of aliphatic carboxylic acids is 1. The van der Waals surface area contributed by atoms with Crippen molar-refractivity contribution in [3.63, 3.8) is 0 Å². The van der Waals surface area contributed by atoms with E-state index in [-0.39, 0.29) is 83.2 Å². The van der Waals surface area contributed by atoms with Gasteiger partial charge in [-0.2, -0.15) is 0 Å². The first kappa shape index (κ1) is 73.1. The summed E-state index contributed by atoms with van der Waals surface area (Å²) in [6.07, 6.45) is 11.1. The number of halogens is 2. The molecule has 28 heteroatoms. The third-order valence-electron chi connectivity index (χ3n) is 16.2. The van der Waals surface area contributed by atoms with Gasteiger partial charge in [0.15, 0.2) is 0 Å². The third kappa shape index (κ3) is 26.3. The van der Waals surface area contributed by atoms with E-state index < -0.39 is 67.1 Å². The maximum atomic E-state index is 14.0. The Morgan fingerprint density at radius 2 is 1.38 bits per heavy atom. The van der Waals surface area contributed by atoms with Crippen molar-refractivity contribution in [3.8, 4) is 18.1 Å². The molecule has 0 saturated carbocycles. The molecule has 1 unspecified atom stereocenters. The Labute approximate surface area is 536 Å². The molecule has 6 amide bonds. The number of amides is 6. The van der Waals surface area contributed by atoms with Crippen molar-refractivity contribution in [2.75, 3.05) is 158 Å². The number of nitrogens with one attached hydrogen (secondary N) is 4. The Kier molecular flexibility index (Phi) is 31.4. The summed E-state index contributed by atoms with van der Waals surface area (Å²) in [5.74, 6) is -3.59. The zero-order valence-corrected chi connectivity index (χ0v) is 52.7. The number of carbonyl (C=O) groups excluding carboxylic acids is 8. The zero-order chi connectivity index (χ0) is 66.1. The Morgan fingerprint density at radius 1 is 0.717 bits per heavy atom. The average Bonchev–Trinajstić information content (AvgIpc) is 1.32. The minimum Gasteiger partial charge on any atom is -0.494 e. The van der Waals surface area contributed by atoms with Gasteiger partial charge in [-0.1, -0.05) is 42.2 Å². The number of alkyl halides is 2. The summed E-state index contributed by atoms with van der Waals surface area (Å²) >= 11 is 0. The van der Waals surface area contributed by atoms with Crippen LogP contribution in [0.15, 0.2) is 54.7 Å². The molecule has 3 aromatic rings. The van der Waals surface area contributed by atoms with Crippen molar-refractivity contribution >= 4 is 65.3 Å². The van der Waals surface area contributed by atoms with Crippen molar-refractivity contribution in [3.05, 3.63) is 71.4 Å². The number of nitrogens with zero attached hydrogens (tertiary/aromatic N) is 8. The molecule has 3 fully saturated rings. The number of piperazine rings is 1. The number of carboxylic acid groups (broad SMARTS) is 1. The molecule has 0 spiro atoms. The van der Waals surface area contributed by atoms with Gasteiger partial charge in [-0.25, -0.2) is 8.78 Å². The summed E-state index contributed by atoms with van der Waals surface area (Å²) in [5, 5.41) is 21.4. The van der Waals surface area contributed by atoms with Gasteiger partial charge in [-0.15, -0.1) is 6.42 Å². The summed E-state index contributed by atoms with van der Waals surface area (Å²) < 4.78 is 49.9. The summed E-state index contributed by atoms with van der Waals surface area (Å²) in [5.41, 5.74) is 3.09. The van der Waals surface area contributed by atoms with Crippen molar-refractivity contribution in [1.29, 1.82) is 0 Å². The smallest absolute Gasteiger partial charge is 0.317 e. The topological polar surface area (TPSA) is 294 Å². The van der Waals surface area contributed by atoms with Crippen LogP contribution in [0.1, 0.15) is 79.3 Å². The predicted octanol–water partition coefficient (Wildman–Crippen LogP) is 1.33. The number of likely N-dealkylation sites (tertiary alicyclic amines) is 1. The Balaban J connectivity index is 0.916. The summed E-state index contributed by atoms with van der Waals surface area (Å²) in [6, 6.07) is 12.8. The molecule has 0 radical (unpaired) electrons. The fraction of sp³-hybridized carbons (Fsp3) is 0.594.